The lowest BCUT2D eigenvalue weighted by Gasteiger charge is -2.01. The Morgan fingerprint density at radius 3 is 0.900 bits per heavy atom. The van der Waals surface area contributed by atoms with Gasteiger partial charge in [0.2, 0.25) is 0 Å². The lowest BCUT2D eigenvalue weighted by molar-refractivity contribution is 1.92. The second kappa shape index (κ2) is 14.9. The van der Waals surface area contributed by atoms with E-state index in [2.05, 4.69) is 73.6 Å². The van der Waals surface area contributed by atoms with Gasteiger partial charge in [-0.1, -0.05) is 94.1 Å². The van der Waals surface area contributed by atoms with Crippen LogP contribution in [-0.4, -0.2) is 25.0 Å². The summed E-state index contributed by atoms with van der Waals surface area (Å²) in [5.41, 5.74) is 0. The van der Waals surface area contributed by atoms with Crippen molar-refractivity contribution >= 4 is 188 Å². The van der Waals surface area contributed by atoms with E-state index >= 15 is 0 Å². The van der Waals surface area contributed by atoms with Crippen molar-refractivity contribution in [3.63, 3.8) is 0 Å². The standard InChI is InChI=1S/C26H20S14/c1-27-21-22(28-2)34-17(33-21)9-13-5-7-15(31-13)11-19-37-25-26(38-19)40-20(39-25)12-16-8-6-14(32-16)10-18-35-23(29-3)24(30-4)36-18/h5-12H,1-4H3. The molecule has 4 aliphatic heterocycles. The van der Waals surface area contributed by atoms with Crippen LogP contribution in [0.3, 0.4) is 0 Å². The van der Waals surface area contributed by atoms with Gasteiger partial charge in [-0.3, -0.25) is 0 Å². The summed E-state index contributed by atoms with van der Waals surface area (Å²) >= 11 is 26.5. The molecule has 2 aromatic heterocycles. The summed E-state index contributed by atoms with van der Waals surface area (Å²) in [6, 6.07) is 9.03. The number of rotatable bonds is 8. The summed E-state index contributed by atoms with van der Waals surface area (Å²) in [7, 11) is 0. The van der Waals surface area contributed by atoms with E-state index in [1.54, 1.807) is 0 Å². The second-order valence-electron chi connectivity index (χ2n) is 7.69. The highest BCUT2D eigenvalue weighted by Gasteiger charge is 2.30. The minimum absolute atomic E-state index is 1.33. The fourth-order valence-corrected chi connectivity index (χ4v) is 21.9. The molecular weight excluding hydrogens is 761 g/mol. The van der Waals surface area contributed by atoms with Crippen LogP contribution in [0.5, 0.6) is 0 Å². The molecule has 0 unspecified atom stereocenters. The van der Waals surface area contributed by atoms with Gasteiger partial charge in [-0.05, 0) is 73.6 Å². The minimum Gasteiger partial charge on any atom is -0.136 e. The maximum Gasteiger partial charge on any atom is 0.0716 e. The average molecular weight is 781 g/mol. The first kappa shape index (κ1) is 31.7. The van der Waals surface area contributed by atoms with Crippen LogP contribution in [0.4, 0.5) is 0 Å². The Bertz CT molecular complexity index is 1370. The molecule has 0 fully saturated rings. The van der Waals surface area contributed by atoms with Gasteiger partial charge in [0.25, 0.3) is 0 Å². The summed E-state index contributed by atoms with van der Waals surface area (Å²) in [6.07, 6.45) is 18.1. The number of hydrogen-bond acceptors (Lipinski definition) is 14. The summed E-state index contributed by atoms with van der Waals surface area (Å²) in [5.74, 6) is 0. The largest absolute Gasteiger partial charge is 0.136 e. The molecule has 0 nitrogen and oxygen atoms in total. The maximum atomic E-state index is 2.36. The Hall–Kier alpha value is 1.78. The summed E-state index contributed by atoms with van der Waals surface area (Å²) in [4.78, 5) is 5.31. The zero-order chi connectivity index (χ0) is 27.6. The van der Waals surface area contributed by atoms with Crippen molar-refractivity contribution in [2.24, 2.45) is 0 Å². The van der Waals surface area contributed by atoms with Crippen LogP contribution in [0, 0.1) is 0 Å². The highest BCUT2D eigenvalue weighted by molar-refractivity contribution is 8.48. The van der Waals surface area contributed by atoms with Crippen LogP contribution in [0.25, 0.3) is 24.3 Å². The van der Waals surface area contributed by atoms with Crippen LogP contribution in [0.2, 0.25) is 0 Å². The highest BCUT2D eigenvalue weighted by atomic mass is 32.3. The Labute approximate surface area is 295 Å². The Kier molecular flexibility index (Phi) is 11.8. The van der Waals surface area contributed by atoms with Gasteiger partial charge in [-0.2, -0.15) is 0 Å². The van der Waals surface area contributed by atoms with E-state index in [-0.39, 0.29) is 0 Å². The molecule has 6 rings (SSSR count). The van der Waals surface area contributed by atoms with Crippen molar-refractivity contribution in [3.05, 3.63) is 86.1 Å². The van der Waals surface area contributed by atoms with E-state index in [0.29, 0.717) is 0 Å². The zero-order valence-corrected chi connectivity index (χ0v) is 32.8. The molecule has 0 saturated heterocycles. The molecule has 6 heterocycles. The third kappa shape index (κ3) is 7.76. The van der Waals surface area contributed by atoms with E-state index in [4.69, 9.17) is 0 Å². The van der Waals surface area contributed by atoms with Gasteiger partial charge in [0.1, 0.15) is 0 Å². The monoisotopic (exact) mass is 780 g/mol. The van der Waals surface area contributed by atoms with Crippen molar-refractivity contribution in [3.8, 4) is 0 Å². The molecule has 0 radical (unpaired) electrons. The zero-order valence-electron chi connectivity index (χ0n) is 21.3. The summed E-state index contributed by atoms with van der Waals surface area (Å²) in [6.45, 7) is 0. The van der Waals surface area contributed by atoms with Crippen LogP contribution in [0.1, 0.15) is 19.5 Å². The van der Waals surface area contributed by atoms with Gasteiger partial charge < -0.3 is 0 Å². The molecule has 40 heavy (non-hydrogen) atoms. The predicted octanol–water partition coefficient (Wildman–Crippen LogP) is 14.5. The fourth-order valence-electron chi connectivity index (χ4n) is 3.44. The summed E-state index contributed by atoms with van der Waals surface area (Å²) in [5, 5.41) is 0. The van der Waals surface area contributed by atoms with Crippen LogP contribution in [-0.2, 0) is 0 Å². The first-order valence-electron chi connectivity index (χ1n) is 11.4. The third-order valence-corrected chi connectivity index (χ3v) is 22.6. The van der Waals surface area contributed by atoms with Crippen molar-refractivity contribution in [1.29, 1.82) is 0 Å². The van der Waals surface area contributed by atoms with E-state index in [9.17, 15) is 0 Å². The molecule has 0 amide bonds. The van der Waals surface area contributed by atoms with Crippen molar-refractivity contribution in [2.45, 2.75) is 0 Å². The molecule has 4 aliphatic rings. The smallest absolute Gasteiger partial charge is 0.0716 e. The van der Waals surface area contributed by atoms with E-state index in [0.717, 1.165) is 0 Å². The first-order valence-corrected chi connectivity index (χ1v) is 24.5. The topological polar surface area (TPSA) is 0 Å². The molecule has 0 saturated carbocycles. The van der Waals surface area contributed by atoms with Gasteiger partial charge in [-0.25, -0.2) is 0 Å². The SMILES string of the molecule is CSC1=C(SC)SC(=Cc2ccc(C=C3SC4=C(S3)SC(=Cc3ccc(C=C5SC(SC)=C(SC)S5)s3)S4)s2)S1. The summed E-state index contributed by atoms with van der Waals surface area (Å²) < 4.78 is 14.1. The molecule has 0 aliphatic carbocycles. The minimum atomic E-state index is 1.33. The highest BCUT2D eigenvalue weighted by Crippen LogP contribution is 2.67. The van der Waals surface area contributed by atoms with E-state index < -0.39 is 0 Å². The normalized spacial score (nSPS) is 19.1. The van der Waals surface area contributed by atoms with Gasteiger partial charge in [-0.15, -0.1) is 69.7 Å². The molecule has 0 N–H and O–H groups in total. The lowest BCUT2D eigenvalue weighted by atomic mass is 10.4. The van der Waals surface area contributed by atoms with Gasteiger partial charge in [0, 0.05) is 19.5 Å². The quantitative estimate of drug-likeness (QED) is 0.250. The second-order valence-corrected chi connectivity index (χ2v) is 24.3. The molecule has 0 spiro atoms. The molecule has 0 aromatic carbocycles. The van der Waals surface area contributed by atoms with Crippen molar-refractivity contribution < 1.29 is 0 Å². The average Bonchev–Trinajstić information content (AvgIpc) is 3.78. The molecule has 14 heteroatoms. The Balaban J connectivity index is 1.04. The van der Waals surface area contributed by atoms with Crippen molar-refractivity contribution in [2.75, 3.05) is 25.0 Å². The lowest BCUT2D eigenvalue weighted by Crippen LogP contribution is -1.67. The molecule has 0 bridgehead atoms. The number of thioether (sulfide) groups is 12. The van der Waals surface area contributed by atoms with Gasteiger partial charge >= 0.3 is 0 Å². The van der Waals surface area contributed by atoms with Gasteiger partial charge in [0.05, 0.1) is 42.4 Å². The molecule has 2 aromatic rings. The predicted molar refractivity (Wildman–Crippen MR) is 216 cm³/mol. The van der Waals surface area contributed by atoms with E-state index in [1.807, 2.05) is 164 Å². The Morgan fingerprint density at radius 2 is 0.650 bits per heavy atom. The van der Waals surface area contributed by atoms with Gasteiger partial charge in [0.15, 0.2) is 0 Å². The first-order chi connectivity index (χ1) is 19.5. The number of hydrogen-bond donors (Lipinski definition) is 0. The maximum absolute atomic E-state index is 2.36. The Morgan fingerprint density at radius 1 is 0.400 bits per heavy atom. The third-order valence-electron chi connectivity index (χ3n) is 5.12. The molecular formula is C26H20S14. The molecule has 0 atom stereocenters. The van der Waals surface area contributed by atoms with Crippen molar-refractivity contribution in [1.82, 2.24) is 0 Å². The van der Waals surface area contributed by atoms with Crippen LogP contribution < -0.4 is 0 Å². The van der Waals surface area contributed by atoms with Crippen LogP contribution >= 0.6 is 164 Å². The molecule has 208 valence electrons. The van der Waals surface area contributed by atoms with Crippen LogP contribution in [0.15, 0.2) is 66.6 Å². The number of thiophene rings is 2. The van der Waals surface area contributed by atoms with E-state index in [1.165, 1.54) is 61.9 Å². The fraction of sp³-hybridized carbons (Fsp3) is 0.154.